The molecule has 20 heavy (non-hydrogen) atoms. The smallest absolute Gasteiger partial charge is 0.363 e. The number of cyclic esters (lactones) is 1. The van der Waals surface area contributed by atoms with Gasteiger partial charge in [0.25, 0.3) is 0 Å². The molecule has 2 aliphatic heterocycles. The fourth-order valence-corrected chi connectivity index (χ4v) is 3.01. The van der Waals surface area contributed by atoms with Gasteiger partial charge >= 0.3 is 5.97 Å². The van der Waals surface area contributed by atoms with Gasteiger partial charge in [0.1, 0.15) is 0 Å². The van der Waals surface area contributed by atoms with E-state index in [4.69, 9.17) is 4.74 Å². The number of hydrogen-bond donors (Lipinski definition) is 0. The number of carbonyl (C=O) groups is 1. The number of ether oxygens (including phenoxy) is 1. The minimum atomic E-state index is -0.397. The van der Waals surface area contributed by atoms with E-state index in [1.54, 1.807) is 17.8 Å². The summed E-state index contributed by atoms with van der Waals surface area (Å²) in [5.41, 5.74) is 1.15. The Morgan fingerprint density at radius 2 is 2.10 bits per heavy atom. The second-order valence-corrected chi connectivity index (χ2v) is 5.61. The summed E-state index contributed by atoms with van der Waals surface area (Å²) < 4.78 is 5.20. The predicted octanol–water partition coefficient (Wildman–Crippen LogP) is 2.39. The summed E-state index contributed by atoms with van der Waals surface area (Å²) in [4.78, 5) is 18.2. The number of hydrogen-bond acceptors (Lipinski definition) is 5. The molecule has 2 heterocycles. The number of nitrogens with zero attached hydrogens (tertiary/aromatic N) is 2. The molecule has 0 N–H and O–H groups in total. The lowest BCUT2D eigenvalue weighted by Gasteiger charge is -2.09. The molecule has 5 heteroatoms. The van der Waals surface area contributed by atoms with Crippen molar-refractivity contribution < 1.29 is 9.53 Å². The summed E-state index contributed by atoms with van der Waals surface area (Å²) in [5, 5.41) is 1.15. The highest BCUT2D eigenvalue weighted by molar-refractivity contribution is 8.03. The SMILES string of the molecule is CN1CCSC1=C/C=C1/N=C(c2ccccc2)OC1=O. The van der Waals surface area contributed by atoms with Crippen molar-refractivity contribution in [3.05, 3.63) is 58.8 Å². The number of benzene rings is 1. The highest BCUT2D eigenvalue weighted by Crippen LogP contribution is 2.26. The Balaban J connectivity index is 1.84. The predicted molar refractivity (Wildman–Crippen MR) is 80.3 cm³/mol. The first kappa shape index (κ1) is 13.0. The van der Waals surface area contributed by atoms with Gasteiger partial charge in [-0.15, -0.1) is 11.8 Å². The Morgan fingerprint density at radius 3 is 2.80 bits per heavy atom. The van der Waals surface area contributed by atoms with E-state index in [0.717, 1.165) is 22.9 Å². The zero-order valence-electron chi connectivity index (χ0n) is 11.1. The Kier molecular flexibility index (Phi) is 3.60. The molecule has 1 saturated heterocycles. The van der Waals surface area contributed by atoms with Gasteiger partial charge in [0.15, 0.2) is 5.70 Å². The first-order chi connectivity index (χ1) is 9.74. The normalized spacial score (nSPS) is 22.6. The first-order valence-corrected chi connectivity index (χ1v) is 7.35. The van der Waals surface area contributed by atoms with Gasteiger partial charge in [-0.25, -0.2) is 9.79 Å². The molecule has 1 fully saturated rings. The number of carbonyl (C=O) groups excluding carboxylic acids is 1. The van der Waals surface area contributed by atoms with Crippen LogP contribution in [0.5, 0.6) is 0 Å². The van der Waals surface area contributed by atoms with Gasteiger partial charge in [0.05, 0.1) is 5.03 Å². The number of esters is 1. The van der Waals surface area contributed by atoms with Gasteiger partial charge in [-0.3, -0.25) is 0 Å². The molecule has 1 aromatic rings. The third-order valence-electron chi connectivity index (χ3n) is 3.08. The molecule has 0 bridgehead atoms. The Hall–Kier alpha value is -2.01. The number of thioether (sulfide) groups is 1. The molecule has 0 aliphatic carbocycles. The van der Waals surface area contributed by atoms with Crippen LogP contribution in [0.15, 0.2) is 58.2 Å². The van der Waals surface area contributed by atoms with Gasteiger partial charge in [0.2, 0.25) is 5.90 Å². The van der Waals surface area contributed by atoms with Gasteiger partial charge in [-0.1, -0.05) is 18.2 Å². The van der Waals surface area contributed by atoms with E-state index in [1.807, 2.05) is 43.5 Å². The van der Waals surface area contributed by atoms with Crippen molar-refractivity contribution in [1.82, 2.24) is 4.90 Å². The lowest BCUT2D eigenvalue weighted by atomic mass is 10.2. The monoisotopic (exact) mass is 286 g/mol. The third kappa shape index (κ3) is 2.63. The quantitative estimate of drug-likeness (QED) is 0.618. The van der Waals surface area contributed by atoms with Crippen molar-refractivity contribution in [3.8, 4) is 0 Å². The van der Waals surface area contributed by atoms with E-state index in [-0.39, 0.29) is 0 Å². The highest BCUT2D eigenvalue weighted by atomic mass is 32.2. The molecule has 0 unspecified atom stereocenters. The molecule has 0 spiro atoms. The van der Waals surface area contributed by atoms with E-state index in [9.17, 15) is 4.79 Å². The van der Waals surface area contributed by atoms with Crippen molar-refractivity contribution in [1.29, 1.82) is 0 Å². The fourth-order valence-electron chi connectivity index (χ4n) is 1.96. The summed E-state index contributed by atoms with van der Waals surface area (Å²) in [7, 11) is 2.04. The summed E-state index contributed by atoms with van der Waals surface area (Å²) in [6.45, 7) is 1.03. The van der Waals surface area contributed by atoms with Crippen LogP contribution in [-0.4, -0.2) is 36.1 Å². The standard InChI is InChI=1S/C15H14N2O2S/c1-17-9-10-20-13(17)8-7-12-15(18)19-14(16-12)11-5-3-2-4-6-11/h2-8H,9-10H2,1H3/b12-7+,13-8?. The lowest BCUT2D eigenvalue weighted by molar-refractivity contribution is -0.130. The van der Waals surface area contributed by atoms with Crippen LogP contribution in [0.25, 0.3) is 0 Å². The average molecular weight is 286 g/mol. The van der Waals surface area contributed by atoms with E-state index in [2.05, 4.69) is 9.89 Å². The molecule has 4 nitrogen and oxygen atoms in total. The molecular formula is C15H14N2O2S. The van der Waals surface area contributed by atoms with Crippen LogP contribution in [0, 0.1) is 0 Å². The highest BCUT2D eigenvalue weighted by Gasteiger charge is 2.23. The molecule has 2 aliphatic rings. The van der Waals surface area contributed by atoms with E-state index < -0.39 is 5.97 Å². The maximum Gasteiger partial charge on any atom is 0.363 e. The molecule has 102 valence electrons. The molecule has 1 aromatic carbocycles. The summed E-state index contributed by atoms with van der Waals surface area (Å²) in [6.07, 6.45) is 3.65. The Labute approximate surface area is 121 Å². The lowest BCUT2D eigenvalue weighted by Crippen LogP contribution is -2.10. The number of allylic oxidation sites excluding steroid dienone is 2. The van der Waals surface area contributed by atoms with Crippen molar-refractivity contribution >= 4 is 23.6 Å². The second-order valence-electron chi connectivity index (χ2n) is 4.50. The maximum absolute atomic E-state index is 11.8. The number of rotatable bonds is 2. The van der Waals surface area contributed by atoms with Crippen molar-refractivity contribution in [2.45, 2.75) is 0 Å². The summed E-state index contributed by atoms with van der Waals surface area (Å²) >= 11 is 1.77. The molecule has 0 atom stereocenters. The van der Waals surface area contributed by atoms with Crippen LogP contribution >= 0.6 is 11.8 Å². The number of aliphatic imine (C=N–C) groups is 1. The molecule has 0 saturated carbocycles. The van der Waals surface area contributed by atoms with Crippen LogP contribution < -0.4 is 0 Å². The van der Waals surface area contributed by atoms with Crippen LogP contribution in [0.3, 0.4) is 0 Å². The van der Waals surface area contributed by atoms with E-state index in [1.165, 1.54) is 0 Å². The van der Waals surface area contributed by atoms with Crippen LogP contribution in [0.2, 0.25) is 0 Å². The second kappa shape index (κ2) is 5.54. The minimum absolute atomic E-state index is 0.345. The summed E-state index contributed by atoms with van der Waals surface area (Å²) in [5.74, 6) is 1.05. The van der Waals surface area contributed by atoms with E-state index >= 15 is 0 Å². The van der Waals surface area contributed by atoms with Crippen LogP contribution in [0.4, 0.5) is 0 Å². The van der Waals surface area contributed by atoms with Gasteiger partial charge in [-0.05, 0) is 24.3 Å². The Morgan fingerprint density at radius 1 is 1.30 bits per heavy atom. The maximum atomic E-state index is 11.8. The zero-order chi connectivity index (χ0) is 13.9. The topological polar surface area (TPSA) is 41.9 Å². The van der Waals surface area contributed by atoms with Crippen molar-refractivity contribution in [3.63, 3.8) is 0 Å². The fraction of sp³-hybridized carbons (Fsp3) is 0.200. The molecule has 0 amide bonds. The van der Waals surface area contributed by atoms with Gasteiger partial charge in [0, 0.05) is 24.9 Å². The van der Waals surface area contributed by atoms with Gasteiger partial charge < -0.3 is 9.64 Å². The summed E-state index contributed by atoms with van der Waals surface area (Å²) in [6, 6.07) is 9.43. The van der Waals surface area contributed by atoms with Crippen molar-refractivity contribution in [2.75, 3.05) is 19.3 Å². The third-order valence-corrected chi connectivity index (χ3v) is 4.21. The molecule has 0 radical (unpaired) electrons. The van der Waals surface area contributed by atoms with Crippen LogP contribution in [-0.2, 0) is 9.53 Å². The van der Waals surface area contributed by atoms with E-state index in [0.29, 0.717) is 11.6 Å². The molecule has 0 aromatic heterocycles. The van der Waals surface area contributed by atoms with Gasteiger partial charge in [-0.2, -0.15) is 0 Å². The molecule has 3 rings (SSSR count). The first-order valence-electron chi connectivity index (χ1n) is 6.36. The van der Waals surface area contributed by atoms with Crippen molar-refractivity contribution in [2.24, 2.45) is 4.99 Å². The molecular weight excluding hydrogens is 272 g/mol. The zero-order valence-corrected chi connectivity index (χ0v) is 11.9. The average Bonchev–Trinajstić information content (AvgIpc) is 3.04. The van der Waals surface area contributed by atoms with Crippen LogP contribution in [0.1, 0.15) is 5.56 Å². The Bertz CT molecular complexity index is 620. The minimum Gasteiger partial charge on any atom is -0.402 e. The largest absolute Gasteiger partial charge is 0.402 e.